The Morgan fingerprint density at radius 1 is 2.25 bits per heavy atom. The van der Waals surface area contributed by atoms with E-state index in [2.05, 4.69) is 0 Å². The number of hydrogen-bond donors (Lipinski definition) is 0. The van der Waals surface area contributed by atoms with E-state index in [0.717, 1.165) is 16.7 Å². The molecule has 0 rings (SSSR count). The van der Waals surface area contributed by atoms with E-state index in [9.17, 15) is 0 Å². The highest BCUT2D eigenvalue weighted by molar-refractivity contribution is 6.08. The predicted molar refractivity (Wildman–Crippen MR) is 25.0 cm³/mol. The third-order valence-electron chi connectivity index (χ3n) is 0.408. The lowest BCUT2D eigenvalue weighted by Crippen LogP contribution is -1.55. The lowest BCUT2D eigenvalue weighted by atomic mass is 10.6. The van der Waals surface area contributed by atoms with Crippen LogP contribution in [0.15, 0.2) is 0 Å². The van der Waals surface area contributed by atoms with Gasteiger partial charge >= 0.3 is 0 Å². The predicted octanol–water partition coefficient (Wildman–Crippen LogP) is 0.180. The summed E-state index contributed by atoms with van der Waals surface area (Å²) >= 11 is 0. The minimum Gasteiger partial charge on any atom is -0.0661 e. The first-order valence-corrected chi connectivity index (χ1v) is 2.85. The van der Waals surface area contributed by atoms with Crippen LogP contribution in [-0.4, -0.2) is 10.2 Å². The zero-order valence-corrected chi connectivity index (χ0v) is 5.28. The molecule has 0 saturated heterocycles. The van der Waals surface area contributed by atoms with Crippen LogP contribution in [0.2, 0.25) is 6.02 Å². The van der Waals surface area contributed by atoms with Gasteiger partial charge < -0.3 is 0 Å². The summed E-state index contributed by atoms with van der Waals surface area (Å²) in [6.45, 7) is 2.05. The van der Waals surface area contributed by atoms with Crippen molar-refractivity contribution >= 4 is 10.2 Å². The lowest BCUT2D eigenvalue weighted by molar-refractivity contribution is 1.08. The molecule has 1 heteroatoms. The highest BCUT2D eigenvalue weighted by Gasteiger charge is 1.57. The highest BCUT2D eigenvalue weighted by atomic mass is 28.1. The van der Waals surface area contributed by atoms with E-state index in [1.807, 2.05) is 6.92 Å². The molecular weight excluding hydrogens is 64.1 g/mol. The van der Waals surface area contributed by atoms with E-state index < -0.39 is 0 Å². The molecule has 0 N–H and O–H groups in total. The van der Waals surface area contributed by atoms with E-state index >= 15 is 0 Å². The third-order valence-corrected chi connectivity index (χ3v) is 1.22. The molecule has 0 amide bonds. The molecule has 0 aliphatic rings. The first-order valence-electron chi connectivity index (χ1n) is 2.27. The molecule has 26 valence electrons. The van der Waals surface area contributed by atoms with Crippen molar-refractivity contribution in [2.45, 2.75) is 19.4 Å². The maximum Gasteiger partial charge on any atom is 0.0226 e. The zero-order chi connectivity index (χ0) is 4.28. The standard InChI is InChI=1S/C3H10Si/c1-2-3-4/h2-3H2,1,4H3/i3T. The molecule has 0 fully saturated rings. The fourth-order valence-electron chi connectivity index (χ4n) is 0. The Morgan fingerprint density at radius 2 is 2.50 bits per heavy atom. The van der Waals surface area contributed by atoms with E-state index in [1.54, 1.807) is 0 Å². The molecule has 0 aromatic heterocycles. The molecule has 0 spiro atoms. The molecule has 0 aromatic carbocycles. The lowest BCUT2D eigenvalue weighted by Gasteiger charge is -1.67. The van der Waals surface area contributed by atoms with Crippen LogP contribution in [0.1, 0.15) is 14.7 Å². The molecule has 1 atom stereocenters. The van der Waals surface area contributed by atoms with Gasteiger partial charge in [-0.25, -0.2) is 0 Å². The molecule has 0 nitrogen and oxygen atoms in total. The highest BCUT2D eigenvalue weighted by Crippen LogP contribution is 1.73. The van der Waals surface area contributed by atoms with Gasteiger partial charge in [0.2, 0.25) is 0 Å². The minimum absolute atomic E-state index is 0.273. The molecule has 0 aliphatic carbocycles. The SMILES string of the molecule is [3H]C([SiH3])CC. The quantitative estimate of drug-likeness (QED) is 0.391. The monoisotopic (exact) mass is 76.1 g/mol. The van der Waals surface area contributed by atoms with Crippen LogP contribution in [-0.2, 0) is 0 Å². The van der Waals surface area contributed by atoms with Crippen LogP contribution in [0.5, 0.6) is 0 Å². The van der Waals surface area contributed by atoms with Crippen LogP contribution in [0.3, 0.4) is 0 Å². The molecule has 0 aromatic rings. The smallest absolute Gasteiger partial charge is 0.0226 e. The van der Waals surface area contributed by atoms with Crippen molar-refractivity contribution in [3.05, 3.63) is 0 Å². The van der Waals surface area contributed by atoms with Crippen LogP contribution in [0.4, 0.5) is 0 Å². The van der Waals surface area contributed by atoms with E-state index in [1.165, 1.54) is 0 Å². The van der Waals surface area contributed by atoms with Gasteiger partial charge in [0.15, 0.2) is 0 Å². The van der Waals surface area contributed by atoms with E-state index in [4.69, 9.17) is 1.37 Å². The second kappa shape index (κ2) is 3.22. The van der Waals surface area contributed by atoms with Gasteiger partial charge in [-0.1, -0.05) is 19.4 Å². The maximum absolute atomic E-state index is 6.89. The summed E-state index contributed by atoms with van der Waals surface area (Å²) in [6.07, 6.45) is 1.03. The summed E-state index contributed by atoms with van der Waals surface area (Å²) in [5.41, 5.74) is 0. The van der Waals surface area contributed by atoms with Crippen molar-refractivity contribution < 1.29 is 1.37 Å². The molecule has 0 heterocycles. The van der Waals surface area contributed by atoms with Crippen molar-refractivity contribution in [3.8, 4) is 0 Å². The average Bonchev–Trinajstić information content (AvgIpc) is 1.38. The molecule has 0 saturated carbocycles. The first kappa shape index (κ1) is 2.45. The van der Waals surface area contributed by atoms with Crippen molar-refractivity contribution in [2.75, 3.05) is 0 Å². The third kappa shape index (κ3) is 2.22. The Kier molecular flexibility index (Phi) is 1.97. The van der Waals surface area contributed by atoms with Crippen LogP contribution in [0.25, 0.3) is 0 Å². The van der Waals surface area contributed by atoms with Gasteiger partial charge in [0.1, 0.15) is 0 Å². The van der Waals surface area contributed by atoms with Gasteiger partial charge in [0.25, 0.3) is 0 Å². The Labute approximate surface area is 32.0 Å². The summed E-state index contributed by atoms with van der Waals surface area (Å²) in [6, 6.07) is 0.273. The van der Waals surface area contributed by atoms with Crippen molar-refractivity contribution in [1.29, 1.82) is 0 Å². The molecule has 4 heavy (non-hydrogen) atoms. The average molecular weight is 76.2 g/mol. The minimum atomic E-state index is 0.273. The Morgan fingerprint density at radius 3 is 2.50 bits per heavy atom. The van der Waals surface area contributed by atoms with Crippen molar-refractivity contribution in [2.24, 2.45) is 0 Å². The van der Waals surface area contributed by atoms with Crippen molar-refractivity contribution in [1.82, 2.24) is 0 Å². The van der Waals surface area contributed by atoms with Gasteiger partial charge in [-0.2, -0.15) is 0 Å². The molecule has 0 aliphatic heterocycles. The summed E-state index contributed by atoms with van der Waals surface area (Å²) in [4.78, 5) is 0. The molecule has 0 bridgehead atoms. The van der Waals surface area contributed by atoms with Crippen LogP contribution >= 0.6 is 0 Å². The molecular formula is C3H10Si. The molecule has 1 unspecified atom stereocenters. The first-order chi connectivity index (χ1) is 2.27. The maximum atomic E-state index is 6.89. The summed E-state index contributed by atoms with van der Waals surface area (Å²) in [7, 11) is 1.04. The normalized spacial score (nSPS) is 19.8. The number of rotatable bonds is 1. The Bertz CT molecular complexity index is 20.9. The summed E-state index contributed by atoms with van der Waals surface area (Å²) in [5, 5.41) is 0. The van der Waals surface area contributed by atoms with Gasteiger partial charge in [0, 0.05) is 11.6 Å². The van der Waals surface area contributed by atoms with Gasteiger partial charge in [-0.3, -0.25) is 0 Å². The van der Waals surface area contributed by atoms with Crippen LogP contribution < -0.4 is 0 Å². The van der Waals surface area contributed by atoms with Gasteiger partial charge in [-0.15, -0.1) is 0 Å². The fourth-order valence-corrected chi connectivity index (χ4v) is 0. The van der Waals surface area contributed by atoms with E-state index in [0.29, 0.717) is 0 Å². The summed E-state index contributed by atoms with van der Waals surface area (Å²) < 4.78 is 6.89. The fraction of sp³-hybridized carbons (Fsp3) is 1.00. The van der Waals surface area contributed by atoms with Gasteiger partial charge in [-0.05, 0) is 0 Å². The topological polar surface area (TPSA) is 0 Å². The number of hydrogen-bond acceptors (Lipinski definition) is 0. The van der Waals surface area contributed by atoms with Crippen LogP contribution in [0, 0.1) is 0 Å². The van der Waals surface area contributed by atoms with Crippen molar-refractivity contribution in [3.63, 3.8) is 0 Å². The Hall–Kier alpha value is 0.217. The Balaban J connectivity index is 2.54. The van der Waals surface area contributed by atoms with Gasteiger partial charge in [0.05, 0.1) is 0 Å². The summed E-state index contributed by atoms with van der Waals surface area (Å²) in [5.74, 6) is 0. The zero-order valence-electron chi connectivity index (χ0n) is 4.28. The largest absolute Gasteiger partial charge is 0.0661 e. The molecule has 0 radical (unpaired) electrons. The second-order valence-electron chi connectivity index (χ2n) is 0.816. The second-order valence-corrected chi connectivity index (χ2v) is 1.63. The van der Waals surface area contributed by atoms with E-state index in [-0.39, 0.29) is 6.02 Å².